The standard InChI is InChI=1S/C15H17NO4/c17-11-2-1-3-12-13(11)10(8-20-12)14(18)16-6-7-19-9-15(16)4-5-15/h8H,1-7,9H2. The van der Waals surface area contributed by atoms with Gasteiger partial charge in [0.25, 0.3) is 5.91 Å². The van der Waals surface area contributed by atoms with Gasteiger partial charge < -0.3 is 14.1 Å². The van der Waals surface area contributed by atoms with Gasteiger partial charge >= 0.3 is 0 Å². The van der Waals surface area contributed by atoms with Crippen LogP contribution in [0.3, 0.4) is 0 Å². The fourth-order valence-electron chi connectivity index (χ4n) is 3.33. The fraction of sp³-hybridized carbons (Fsp3) is 0.600. The second kappa shape index (κ2) is 4.19. The quantitative estimate of drug-likeness (QED) is 0.784. The molecule has 1 spiro atoms. The summed E-state index contributed by atoms with van der Waals surface area (Å²) < 4.78 is 11.0. The minimum atomic E-state index is -0.114. The minimum Gasteiger partial charge on any atom is -0.468 e. The summed E-state index contributed by atoms with van der Waals surface area (Å²) in [7, 11) is 0. The first kappa shape index (κ1) is 12.1. The summed E-state index contributed by atoms with van der Waals surface area (Å²) in [5.74, 6) is 0.662. The first-order valence-corrected chi connectivity index (χ1v) is 7.25. The van der Waals surface area contributed by atoms with Crippen molar-refractivity contribution in [1.82, 2.24) is 4.90 Å². The number of furan rings is 1. The maximum atomic E-state index is 12.8. The molecule has 0 aromatic carbocycles. The highest BCUT2D eigenvalue weighted by Gasteiger charge is 2.52. The third kappa shape index (κ3) is 1.66. The number of morpholine rings is 1. The van der Waals surface area contributed by atoms with Crippen LogP contribution in [0.15, 0.2) is 10.7 Å². The topological polar surface area (TPSA) is 59.8 Å². The van der Waals surface area contributed by atoms with Crippen LogP contribution in [0.2, 0.25) is 0 Å². The molecule has 5 heteroatoms. The Morgan fingerprint density at radius 2 is 2.15 bits per heavy atom. The lowest BCUT2D eigenvalue weighted by Crippen LogP contribution is -2.50. The molecule has 1 aromatic heterocycles. The molecule has 0 radical (unpaired) electrons. The van der Waals surface area contributed by atoms with Crippen LogP contribution in [0.5, 0.6) is 0 Å². The molecular formula is C15H17NO4. The predicted molar refractivity (Wildman–Crippen MR) is 69.8 cm³/mol. The van der Waals surface area contributed by atoms with E-state index in [-0.39, 0.29) is 17.2 Å². The van der Waals surface area contributed by atoms with Crippen LogP contribution in [0.25, 0.3) is 0 Å². The van der Waals surface area contributed by atoms with Gasteiger partial charge in [-0.25, -0.2) is 0 Å². The number of fused-ring (bicyclic) bond motifs is 1. The number of carbonyl (C=O) groups excluding carboxylic acids is 2. The summed E-state index contributed by atoms with van der Waals surface area (Å²) in [6.07, 6.45) is 5.54. The summed E-state index contributed by atoms with van der Waals surface area (Å²) in [4.78, 5) is 26.8. The van der Waals surface area contributed by atoms with Gasteiger partial charge in [0.1, 0.15) is 12.0 Å². The molecule has 1 aromatic rings. The zero-order chi connectivity index (χ0) is 13.7. The van der Waals surface area contributed by atoms with Crippen LogP contribution >= 0.6 is 0 Å². The smallest absolute Gasteiger partial charge is 0.258 e. The molecule has 2 heterocycles. The number of hydrogen-bond acceptors (Lipinski definition) is 4. The van der Waals surface area contributed by atoms with Gasteiger partial charge in [0.2, 0.25) is 0 Å². The third-order valence-corrected chi connectivity index (χ3v) is 4.66. The number of hydrogen-bond donors (Lipinski definition) is 0. The number of aryl methyl sites for hydroxylation is 1. The first-order chi connectivity index (χ1) is 9.71. The van der Waals surface area contributed by atoms with E-state index in [2.05, 4.69) is 0 Å². The molecule has 0 atom stereocenters. The average molecular weight is 275 g/mol. The minimum absolute atomic E-state index is 0.0430. The summed E-state index contributed by atoms with van der Waals surface area (Å²) in [6.45, 7) is 1.79. The van der Waals surface area contributed by atoms with Gasteiger partial charge in [0, 0.05) is 19.4 Å². The van der Waals surface area contributed by atoms with Gasteiger partial charge in [-0.15, -0.1) is 0 Å². The van der Waals surface area contributed by atoms with Gasteiger partial charge in [0.05, 0.1) is 29.9 Å². The van der Waals surface area contributed by atoms with E-state index in [0.29, 0.717) is 43.1 Å². The Bertz CT molecular complexity index is 585. The third-order valence-electron chi connectivity index (χ3n) is 4.66. The molecule has 20 heavy (non-hydrogen) atoms. The number of ketones is 1. The number of carbonyl (C=O) groups is 2. The van der Waals surface area contributed by atoms with Crippen molar-refractivity contribution in [3.8, 4) is 0 Å². The van der Waals surface area contributed by atoms with Gasteiger partial charge in [-0.2, -0.15) is 0 Å². The first-order valence-electron chi connectivity index (χ1n) is 7.25. The Labute approximate surface area is 116 Å². The van der Waals surface area contributed by atoms with E-state index in [4.69, 9.17) is 9.15 Å². The molecular weight excluding hydrogens is 258 g/mol. The van der Waals surface area contributed by atoms with Crippen molar-refractivity contribution in [1.29, 1.82) is 0 Å². The molecule has 5 nitrogen and oxygen atoms in total. The molecule has 106 valence electrons. The van der Waals surface area contributed by atoms with Crippen LogP contribution < -0.4 is 0 Å². The van der Waals surface area contributed by atoms with Crippen LogP contribution in [-0.4, -0.2) is 41.9 Å². The molecule has 1 aliphatic heterocycles. The maximum absolute atomic E-state index is 12.8. The van der Waals surface area contributed by atoms with E-state index >= 15 is 0 Å². The van der Waals surface area contributed by atoms with Crippen molar-refractivity contribution in [2.45, 2.75) is 37.6 Å². The molecule has 0 bridgehead atoms. The Kier molecular flexibility index (Phi) is 2.54. The van der Waals surface area contributed by atoms with Crippen molar-refractivity contribution in [2.24, 2.45) is 0 Å². The predicted octanol–water partition coefficient (Wildman–Crippen LogP) is 1.80. The molecule has 1 amide bonds. The number of Topliss-reactive ketones (excluding diaryl/α,β-unsaturated/α-hetero) is 1. The van der Waals surface area contributed by atoms with E-state index in [9.17, 15) is 9.59 Å². The van der Waals surface area contributed by atoms with Crippen LogP contribution in [0.4, 0.5) is 0 Å². The molecule has 1 saturated heterocycles. The van der Waals surface area contributed by atoms with Gasteiger partial charge in [0.15, 0.2) is 5.78 Å². The van der Waals surface area contributed by atoms with Crippen molar-refractivity contribution in [3.63, 3.8) is 0 Å². The zero-order valence-corrected chi connectivity index (χ0v) is 11.3. The fourth-order valence-corrected chi connectivity index (χ4v) is 3.33. The van der Waals surface area contributed by atoms with E-state index in [1.165, 1.54) is 6.26 Å². The molecule has 0 unspecified atom stereocenters. The SMILES string of the molecule is O=C1CCCc2occ(C(=O)N3CCOCC34CC4)c21. The molecule has 3 aliphatic rings. The Morgan fingerprint density at radius 1 is 1.30 bits per heavy atom. The maximum Gasteiger partial charge on any atom is 0.258 e. The Morgan fingerprint density at radius 3 is 2.95 bits per heavy atom. The van der Waals surface area contributed by atoms with Crippen molar-refractivity contribution in [3.05, 3.63) is 23.2 Å². The second-order valence-corrected chi connectivity index (χ2v) is 5.96. The lowest BCUT2D eigenvalue weighted by atomic mass is 9.93. The van der Waals surface area contributed by atoms with Crippen molar-refractivity contribution >= 4 is 11.7 Å². The van der Waals surface area contributed by atoms with Crippen molar-refractivity contribution < 1.29 is 18.7 Å². The highest BCUT2D eigenvalue weighted by molar-refractivity contribution is 6.09. The lowest BCUT2D eigenvalue weighted by molar-refractivity contribution is -0.0118. The molecule has 2 aliphatic carbocycles. The summed E-state index contributed by atoms with van der Waals surface area (Å²) in [5.41, 5.74) is 0.874. The van der Waals surface area contributed by atoms with E-state index in [1.54, 1.807) is 0 Å². The largest absolute Gasteiger partial charge is 0.468 e. The number of ether oxygens (including phenoxy) is 1. The zero-order valence-electron chi connectivity index (χ0n) is 11.3. The summed E-state index contributed by atoms with van der Waals surface area (Å²) >= 11 is 0. The van der Waals surface area contributed by atoms with Gasteiger partial charge in [-0.05, 0) is 19.3 Å². The number of amides is 1. The van der Waals surface area contributed by atoms with E-state index in [0.717, 1.165) is 25.7 Å². The van der Waals surface area contributed by atoms with Crippen molar-refractivity contribution in [2.75, 3.05) is 19.8 Å². The molecule has 0 N–H and O–H groups in total. The molecule has 2 fully saturated rings. The Hall–Kier alpha value is -1.62. The number of rotatable bonds is 1. The molecule has 1 saturated carbocycles. The van der Waals surface area contributed by atoms with Gasteiger partial charge in [-0.3, -0.25) is 9.59 Å². The second-order valence-electron chi connectivity index (χ2n) is 5.96. The average Bonchev–Trinajstić information content (AvgIpc) is 3.07. The highest BCUT2D eigenvalue weighted by Crippen LogP contribution is 2.44. The van der Waals surface area contributed by atoms with Crippen LogP contribution in [0.1, 0.15) is 52.2 Å². The van der Waals surface area contributed by atoms with Crippen LogP contribution in [0, 0.1) is 0 Å². The van der Waals surface area contributed by atoms with Crippen LogP contribution in [-0.2, 0) is 11.2 Å². The summed E-state index contributed by atoms with van der Waals surface area (Å²) in [6, 6.07) is 0. The van der Waals surface area contributed by atoms with Gasteiger partial charge in [-0.1, -0.05) is 0 Å². The Balaban J connectivity index is 1.69. The monoisotopic (exact) mass is 275 g/mol. The summed E-state index contributed by atoms with van der Waals surface area (Å²) in [5, 5.41) is 0. The number of nitrogens with zero attached hydrogens (tertiary/aromatic N) is 1. The molecule has 4 rings (SSSR count). The highest BCUT2D eigenvalue weighted by atomic mass is 16.5. The van der Waals surface area contributed by atoms with E-state index < -0.39 is 0 Å². The van der Waals surface area contributed by atoms with E-state index in [1.807, 2.05) is 4.90 Å². The normalized spacial score (nSPS) is 23.8. The lowest BCUT2D eigenvalue weighted by Gasteiger charge is -2.36.